The van der Waals surface area contributed by atoms with Gasteiger partial charge in [-0.15, -0.1) is 0 Å². The molecule has 8 nitrogen and oxygen atoms in total. The molecule has 2 N–H and O–H groups in total. The summed E-state index contributed by atoms with van der Waals surface area (Å²) in [6, 6.07) is 12.7. The molecule has 2 aromatic carbocycles. The Morgan fingerprint density at radius 2 is 1.79 bits per heavy atom. The van der Waals surface area contributed by atoms with Gasteiger partial charge < -0.3 is 25.0 Å². The van der Waals surface area contributed by atoms with Gasteiger partial charge in [0.1, 0.15) is 11.6 Å². The van der Waals surface area contributed by atoms with Gasteiger partial charge in [0.2, 0.25) is 0 Å². The minimum atomic E-state index is -0.695. The summed E-state index contributed by atoms with van der Waals surface area (Å²) in [6.07, 6.45) is 0. The maximum absolute atomic E-state index is 13.2. The van der Waals surface area contributed by atoms with Crippen molar-refractivity contribution in [1.29, 1.82) is 0 Å². The number of benzene rings is 2. The Bertz CT molecular complexity index is 1060. The van der Waals surface area contributed by atoms with Gasteiger partial charge in [0.05, 0.1) is 25.3 Å². The second-order valence-electron chi connectivity index (χ2n) is 8.13. The molecule has 1 atom stereocenters. The molecule has 0 aromatic heterocycles. The number of anilines is 1. The molecule has 0 radical (unpaired) electrons. The molecular formula is C25H29FN4O4. The molecular weight excluding hydrogens is 439 g/mol. The average Bonchev–Trinajstić information content (AvgIpc) is 2.85. The summed E-state index contributed by atoms with van der Waals surface area (Å²) in [4.78, 5) is 29.8. The van der Waals surface area contributed by atoms with Crippen LogP contribution in [0.1, 0.15) is 18.5 Å². The van der Waals surface area contributed by atoms with Crippen LogP contribution in [-0.4, -0.2) is 63.3 Å². The van der Waals surface area contributed by atoms with Crippen LogP contribution in [0.5, 0.6) is 5.75 Å². The number of piperazine rings is 1. The molecule has 2 amide bonds. The first-order chi connectivity index (χ1) is 16.5. The summed E-state index contributed by atoms with van der Waals surface area (Å²) in [6.45, 7) is 5.66. The largest absolute Gasteiger partial charge is 0.494 e. The molecule has 0 aliphatic carbocycles. The van der Waals surface area contributed by atoms with Crippen molar-refractivity contribution in [3.63, 3.8) is 0 Å². The molecule has 1 unspecified atom stereocenters. The van der Waals surface area contributed by atoms with Gasteiger partial charge in [0, 0.05) is 49.7 Å². The Hall–Kier alpha value is -3.59. The van der Waals surface area contributed by atoms with Gasteiger partial charge in [-0.05, 0) is 37.3 Å². The number of urea groups is 1. The Kier molecular flexibility index (Phi) is 7.32. The zero-order valence-corrected chi connectivity index (χ0v) is 19.3. The van der Waals surface area contributed by atoms with Gasteiger partial charge in [-0.2, -0.15) is 0 Å². The summed E-state index contributed by atoms with van der Waals surface area (Å²) in [7, 11) is 1.33. The van der Waals surface area contributed by atoms with Crippen molar-refractivity contribution in [3.05, 3.63) is 71.2 Å². The minimum absolute atomic E-state index is 0.258. The summed E-state index contributed by atoms with van der Waals surface area (Å²) in [5.74, 6) is -0.165. The van der Waals surface area contributed by atoms with Crippen LogP contribution in [0, 0.1) is 5.82 Å². The van der Waals surface area contributed by atoms with Crippen LogP contribution < -0.4 is 20.3 Å². The Morgan fingerprint density at radius 3 is 2.47 bits per heavy atom. The van der Waals surface area contributed by atoms with Gasteiger partial charge in [0.25, 0.3) is 0 Å². The highest BCUT2D eigenvalue weighted by Gasteiger charge is 2.35. The van der Waals surface area contributed by atoms with Crippen molar-refractivity contribution >= 4 is 17.7 Å². The molecule has 0 spiro atoms. The number of carbonyl (C=O) groups excluding carboxylic acids is 2. The van der Waals surface area contributed by atoms with Gasteiger partial charge in [0.15, 0.2) is 0 Å². The molecule has 2 aromatic rings. The fourth-order valence-corrected chi connectivity index (χ4v) is 4.37. The van der Waals surface area contributed by atoms with E-state index in [9.17, 15) is 14.0 Å². The summed E-state index contributed by atoms with van der Waals surface area (Å²) < 4.78 is 24.1. The number of carbonyl (C=O) groups is 2. The van der Waals surface area contributed by atoms with E-state index in [1.807, 2.05) is 31.2 Å². The predicted molar refractivity (Wildman–Crippen MR) is 126 cm³/mol. The fourth-order valence-electron chi connectivity index (χ4n) is 4.37. The van der Waals surface area contributed by atoms with E-state index >= 15 is 0 Å². The quantitative estimate of drug-likeness (QED) is 0.608. The van der Waals surface area contributed by atoms with Crippen molar-refractivity contribution in [2.45, 2.75) is 13.0 Å². The number of hydrogen-bond donors (Lipinski definition) is 2. The Labute approximate surface area is 198 Å². The van der Waals surface area contributed by atoms with E-state index in [-0.39, 0.29) is 11.8 Å². The summed E-state index contributed by atoms with van der Waals surface area (Å²) in [5, 5.41) is 5.67. The number of para-hydroxylation sites is 1. The van der Waals surface area contributed by atoms with Crippen molar-refractivity contribution in [2.24, 2.45) is 0 Å². The van der Waals surface area contributed by atoms with Crippen molar-refractivity contribution < 1.29 is 23.5 Å². The predicted octanol–water partition coefficient (Wildman–Crippen LogP) is 2.83. The molecule has 34 heavy (non-hydrogen) atoms. The highest BCUT2D eigenvalue weighted by atomic mass is 19.1. The van der Waals surface area contributed by atoms with E-state index in [0.29, 0.717) is 35.7 Å². The van der Waals surface area contributed by atoms with Crippen LogP contribution in [0.2, 0.25) is 0 Å². The van der Waals surface area contributed by atoms with Gasteiger partial charge >= 0.3 is 12.0 Å². The van der Waals surface area contributed by atoms with Gasteiger partial charge in [-0.25, -0.2) is 14.0 Å². The Morgan fingerprint density at radius 1 is 1.09 bits per heavy atom. The molecule has 4 rings (SSSR count). The second-order valence-corrected chi connectivity index (χ2v) is 8.13. The molecule has 0 bridgehead atoms. The number of nitrogens with zero attached hydrogens (tertiary/aromatic N) is 2. The first kappa shape index (κ1) is 23.6. The molecule has 0 saturated carbocycles. The molecule has 1 saturated heterocycles. The van der Waals surface area contributed by atoms with Crippen molar-refractivity contribution in [1.82, 2.24) is 15.5 Å². The maximum Gasteiger partial charge on any atom is 0.338 e. The number of nitrogens with one attached hydrogen (secondary N) is 2. The highest BCUT2D eigenvalue weighted by molar-refractivity contribution is 5.95. The standard InChI is InChI=1S/C25H29FN4O4/c1-3-34-21-7-5-4-6-19(21)23-22(24(31)33-2)20(27-25(32)28-23)16-29-12-14-30(15-13-29)18-10-8-17(26)9-11-18/h4-11,23H,3,12-16H2,1-2H3,(H2,27,28,32). The number of rotatable bonds is 7. The van der Waals surface area contributed by atoms with Crippen LogP contribution in [-0.2, 0) is 9.53 Å². The van der Waals surface area contributed by atoms with E-state index in [4.69, 9.17) is 9.47 Å². The fraction of sp³-hybridized carbons (Fsp3) is 0.360. The van der Waals surface area contributed by atoms with Gasteiger partial charge in [-0.3, -0.25) is 4.90 Å². The van der Waals surface area contributed by atoms with Crippen molar-refractivity contribution in [2.75, 3.05) is 51.3 Å². The average molecular weight is 469 g/mol. The lowest BCUT2D eigenvalue weighted by Crippen LogP contribution is -2.51. The number of ether oxygens (including phenoxy) is 2. The monoisotopic (exact) mass is 468 g/mol. The number of esters is 1. The molecule has 2 aliphatic rings. The molecule has 2 heterocycles. The number of halogens is 1. The number of hydrogen-bond acceptors (Lipinski definition) is 6. The lowest BCUT2D eigenvalue weighted by molar-refractivity contribution is -0.136. The van der Waals surface area contributed by atoms with Crippen LogP contribution >= 0.6 is 0 Å². The minimum Gasteiger partial charge on any atom is -0.494 e. The molecule has 1 fully saturated rings. The van der Waals surface area contributed by atoms with E-state index in [1.165, 1.54) is 19.2 Å². The zero-order valence-electron chi connectivity index (χ0n) is 19.3. The smallest absolute Gasteiger partial charge is 0.338 e. The molecule has 9 heteroatoms. The second kappa shape index (κ2) is 10.6. The van der Waals surface area contributed by atoms with E-state index in [1.54, 1.807) is 12.1 Å². The topological polar surface area (TPSA) is 83.1 Å². The summed E-state index contributed by atoms with van der Waals surface area (Å²) in [5.41, 5.74) is 2.54. The lowest BCUT2D eigenvalue weighted by Gasteiger charge is -2.38. The maximum atomic E-state index is 13.2. The third kappa shape index (κ3) is 5.14. The van der Waals surface area contributed by atoms with Crippen LogP contribution in [0.25, 0.3) is 0 Å². The highest BCUT2D eigenvalue weighted by Crippen LogP contribution is 2.34. The normalized spacial score (nSPS) is 18.9. The van der Waals surface area contributed by atoms with E-state index in [0.717, 1.165) is 31.9 Å². The SMILES string of the molecule is CCOc1ccccc1C1NC(=O)NC(CN2CCN(c3ccc(F)cc3)CC2)=C1C(=O)OC. The van der Waals surface area contributed by atoms with Crippen molar-refractivity contribution in [3.8, 4) is 5.75 Å². The van der Waals surface area contributed by atoms with Crippen LogP contribution in [0.15, 0.2) is 59.8 Å². The third-order valence-electron chi connectivity index (χ3n) is 6.03. The van der Waals surface area contributed by atoms with E-state index in [2.05, 4.69) is 20.4 Å². The zero-order chi connectivity index (χ0) is 24.1. The lowest BCUT2D eigenvalue weighted by atomic mass is 9.94. The van der Waals surface area contributed by atoms with Crippen LogP contribution in [0.3, 0.4) is 0 Å². The number of amides is 2. The molecule has 180 valence electrons. The first-order valence-corrected chi connectivity index (χ1v) is 11.3. The van der Waals surface area contributed by atoms with Crippen LogP contribution in [0.4, 0.5) is 14.9 Å². The number of methoxy groups -OCH3 is 1. The Balaban J connectivity index is 1.57. The first-order valence-electron chi connectivity index (χ1n) is 11.3. The molecule has 2 aliphatic heterocycles. The summed E-state index contributed by atoms with van der Waals surface area (Å²) >= 11 is 0. The van der Waals surface area contributed by atoms with Gasteiger partial charge in [-0.1, -0.05) is 18.2 Å². The third-order valence-corrected chi connectivity index (χ3v) is 6.03. The van der Waals surface area contributed by atoms with E-state index < -0.39 is 12.0 Å².